The minimum atomic E-state index is 0. The first-order valence-corrected chi connectivity index (χ1v) is 7.66. The summed E-state index contributed by atoms with van der Waals surface area (Å²) in [7, 11) is 3.17. The van der Waals surface area contributed by atoms with Crippen LogP contribution in [-0.2, 0) is 0 Å². The summed E-state index contributed by atoms with van der Waals surface area (Å²) in [4.78, 5) is 12.7. The summed E-state index contributed by atoms with van der Waals surface area (Å²) in [6.45, 7) is 4.08. The van der Waals surface area contributed by atoms with Crippen LogP contribution in [0.2, 0.25) is 0 Å². The van der Waals surface area contributed by atoms with Crippen molar-refractivity contribution in [3.05, 3.63) is 53.1 Å². The van der Waals surface area contributed by atoms with Gasteiger partial charge in [0.2, 0.25) is 0 Å². The molecule has 0 aliphatic heterocycles. The van der Waals surface area contributed by atoms with Crippen molar-refractivity contribution in [2.75, 3.05) is 14.2 Å². The molecule has 0 radical (unpaired) electrons. The van der Waals surface area contributed by atoms with Crippen LogP contribution in [0, 0.1) is 13.8 Å². The first-order valence-electron chi connectivity index (χ1n) is 6.66. The quantitative estimate of drug-likeness (QED) is 0.599. The molecule has 22 heavy (non-hydrogen) atoms. The molecule has 0 aromatic heterocycles. The Labute approximate surface area is 146 Å². The minimum Gasteiger partial charge on any atom is -1.00 e. The van der Waals surface area contributed by atoms with Gasteiger partial charge in [-0.2, -0.15) is 0 Å². The van der Waals surface area contributed by atoms with E-state index in [1.165, 1.54) is 5.56 Å². The minimum absolute atomic E-state index is 0. The van der Waals surface area contributed by atoms with E-state index in [-0.39, 0.29) is 34.4 Å². The zero-order chi connectivity index (χ0) is 15.4. The van der Waals surface area contributed by atoms with Gasteiger partial charge in [-0.3, -0.25) is 4.79 Å². The first-order chi connectivity index (χ1) is 10.1. The number of hydrogen-bond donors (Lipinski definition) is 0. The van der Waals surface area contributed by atoms with Gasteiger partial charge in [-0.05, 0) is 45.4 Å². The summed E-state index contributed by atoms with van der Waals surface area (Å²) in [6, 6.07) is 11.5. The molecule has 0 amide bonds. The Morgan fingerprint density at radius 2 is 1.64 bits per heavy atom. The van der Waals surface area contributed by atoms with Crippen LogP contribution in [0.3, 0.4) is 0 Å². The zero-order valence-electron chi connectivity index (χ0n) is 14.7. The third-order valence-electron chi connectivity index (χ3n) is 3.28. The van der Waals surface area contributed by atoms with Gasteiger partial charge in [-0.25, -0.2) is 0 Å². The molecule has 0 N–H and O–H groups in total. The summed E-state index contributed by atoms with van der Waals surface area (Å²) in [5.74, 6) is 1.10. The molecule has 0 fully saturated rings. The van der Waals surface area contributed by atoms with Crippen LogP contribution >= 0.6 is 8.58 Å². The number of hydrogen-bond acceptors (Lipinski definition) is 3. The fourth-order valence-corrected chi connectivity index (χ4v) is 3.27. The van der Waals surface area contributed by atoms with Crippen LogP contribution in [0.25, 0.3) is 0 Å². The van der Waals surface area contributed by atoms with Crippen molar-refractivity contribution in [1.29, 1.82) is 0 Å². The molecule has 2 rings (SSSR count). The van der Waals surface area contributed by atoms with Crippen LogP contribution in [0.15, 0.2) is 36.4 Å². The summed E-state index contributed by atoms with van der Waals surface area (Å²) in [6.07, 6.45) is 0. The van der Waals surface area contributed by atoms with Crippen molar-refractivity contribution in [2.24, 2.45) is 0 Å². The summed E-state index contributed by atoms with van der Waals surface area (Å²) in [5, 5.41) is 1.05. The largest absolute Gasteiger partial charge is 1.00 e. The van der Waals surface area contributed by atoms with Gasteiger partial charge in [0, 0.05) is 0 Å². The van der Waals surface area contributed by atoms with Crippen LogP contribution in [0.5, 0.6) is 11.5 Å². The van der Waals surface area contributed by atoms with E-state index in [0.29, 0.717) is 17.1 Å². The molecule has 0 aliphatic rings. The van der Waals surface area contributed by atoms with Crippen molar-refractivity contribution < 1.29 is 34.6 Å². The summed E-state index contributed by atoms with van der Waals surface area (Å²) in [5.41, 5.74) is 2.87. The average molecular weight is 310 g/mol. The van der Waals surface area contributed by atoms with Crippen LogP contribution in [0.4, 0.5) is 0 Å². The van der Waals surface area contributed by atoms with E-state index in [4.69, 9.17) is 9.47 Å². The number of ether oxygens (including phenoxy) is 2. The molecule has 0 saturated heterocycles. The number of carbonyl (C=O) groups is 1. The van der Waals surface area contributed by atoms with Crippen LogP contribution < -0.4 is 33.6 Å². The number of benzene rings is 2. The molecular weight excluding hydrogens is 290 g/mol. The Kier molecular flexibility index (Phi) is 7.17. The van der Waals surface area contributed by atoms with E-state index in [9.17, 15) is 4.79 Å². The summed E-state index contributed by atoms with van der Waals surface area (Å²) >= 11 is 0. The van der Waals surface area contributed by atoms with Gasteiger partial charge in [0.1, 0.15) is 17.1 Å². The second-order valence-corrected chi connectivity index (χ2v) is 6.05. The predicted molar refractivity (Wildman–Crippen MR) is 88.9 cm³/mol. The van der Waals surface area contributed by atoms with Crippen molar-refractivity contribution in [3.63, 3.8) is 0 Å². The molecule has 0 spiro atoms. The van der Waals surface area contributed by atoms with Gasteiger partial charge in [0.15, 0.2) is 5.52 Å². The number of rotatable bonds is 5. The van der Waals surface area contributed by atoms with E-state index >= 15 is 0 Å². The van der Waals surface area contributed by atoms with Gasteiger partial charge in [0.05, 0.1) is 14.2 Å². The van der Waals surface area contributed by atoms with E-state index in [1.54, 1.807) is 26.4 Å². The van der Waals surface area contributed by atoms with Gasteiger partial charge >= 0.3 is 18.9 Å². The second-order valence-electron chi connectivity index (χ2n) is 4.81. The molecule has 1 atom stereocenters. The smallest absolute Gasteiger partial charge is 1.00 e. The normalized spacial score (nSPS) is 10.4. The Balaban J connectivity index is 0.00000242. The Morgan fingerprint density at radius 1 is 1.05 bits per heavy atom. The Bertz CT molecular complexity index is 655. The van der Waals surface area contributed by atoms with E-state index in [1.807, 2.05) is 32.0 Å². The van der Waals surface area contributed by atoms with Crippen LogP contribution in [-0.4, -0.2) is 19.7 Å². The zero-order valence-corrected chi connectivity index (χ0v) is 14.7. The summed E-state index contributed by atoms with van der Waals surface area (Å²) < 4.78 is 10.6. The van der Waals surface area contributed by atoms with E-state index in [2.05, 4.69) is 6.07 Å². The standard InChI is InChI=1S/C17H19O3P.Li.H/c1-11-8-9-15(12(2)10-11)21-17(18)16-13(19-3)6-5-7-14(16)20-4;;/h5-10,21H,1-4H3;;/q;+1;-1. The molecule has 0 saturated carbocycles. The molecule has 2 aromatic carbocycles. The third kappa shape index (κ3) is 4.14. The SMILES string of the molecule is COc1cccc(OC)c1C(=O)Pc1ccc(C)cc1C.[H-].[Li+]. The van der Waals surface area contributed by atoms with E-state index < -0.39 is 0 Å². The molecule has 0 aliphatic carbocycles. The Hall–Kier alpha value is -1.26. The van der Waals surface area contributed by atoms with Crippen molar-refractivity contribution in [2.45, 2.75) is 13.8 Å². The van der Waals surface area contributed by atoms with Gasteiger partial charge in [0.25, 0.3) is 0 Å². The number of aryl methyl sites for hydroxylation is 2. The van der Waals surface area contributed by atoms with Gasteiger partial charge in [-0.1, -0.05) is 29.8 Å². The second kappa shape index (κ2) is 8.39. The average Bonchev–Trinajstić information content (AvgIpc) is 2.49. The Morgan fingerprint density at radius 3 is 2.14 bits per heavy atom. The van der Waals surface area contributed by atoms with Gasteiger partial charge in [-0.15, -0.1) is 0 Å². The topological polar surface area (TPSA) is 35.5 Å². The first kappa shape index (κ1) is 18.8. The van der Waals surface area contributed by atoms with Gasteiger partial charge < -0.3 is 10.9 Å². The number of carbonyl (C=O) groups excluding carboxylic acids is 1. The molecule has 112 valence electrons. The molecule has 0 heterocycles. The van der Waals surface area contributed by atoms with Crippen LogP contribution in [0.1, 0.15) is 22.9 Å². The number of methoxy groups -OCH3 is 2. The maximum absolute atomic E-state index is 12.7. The fourth-order valence-electron chi connectivity index (χ4n) is 2.21. The molecule has 3 nitrogen and oxygen atoms in total. The fraction of sp³-hybridized carbons (Fsp3) is 0.235. The maximum Gasteiger partial charge on any atom is 1.00 e. The van der Waals surface area contributed by atoms with Crippen molar-refractivity contribution in [3.8, 4) is 11.5 Å². The molecule has 2 aromatic rings. The van der Waals surface area contributed by atoms with Crippen molar-refractivity contribution >= 4 is 19.4 Å². The molecule has 1 unspecified atom stereocenters. The van der Waals surface area contributed by atoms with Crippen molar-refractivity contribution in [1.82, 2.24) is 0 Å². The van der Waals surface area contributed by atoms with E-state index in [0.717, 1.165) is 10.9 Å². The monoisotopic (exact) mass is 310 g/mol. The molecular formula is C17H20LiO3P. The maximum atomic E-state index is 12.7. The predicted octanol–water partition coefficient (Wildman–Crippen LogP) is 0.581. The molecule has 0 bridgehead atoms. The third-order valence-corrected chi connectivity index (χ3v) is 4.59. The molecule has 5 heteroatoms.